The second kappa shape index (κ2) is 6.50. The Balaban J connectivity index is 1.65. The fourth-order valence-corrected chi connectivity index (χ4v) is 2.40. The Morgan fingerprint density at radius 3 is 2.24 bits per heavy atom. The molecule has 21 heavy (non-hydrogen) atoms. The molecule has 1 aromatic carbocycles. The van der Waals surface area contributed by atoms with Crippen molar-refractivity contribution < 1.29 is 5.11 Å². The Hall–Kier alpha value is -2.20. The number of rotatable bonds is 3. The number of aliphatic hydroxyl groups excluding tert-OH is 1. The average molecular weight is 281 g/mol. The zero-order valence-electron chi connectivity index (χ0n) is 11.9. The van der Waals surface area contributed by atoms with E-state index in [0.29, 0.717) is 0 Å². The predicted molar refractivity (Wildman–Crippen MR) is 84.9 cm³/mol. The number of hydrogen-bond donors (Lipinski definition) is 1. The minimum absolute atomic E-state index is 0.172. The van der Waals surface area contributed by atoms with Gasteiger partial charge in [-0.2, -0.15) is 0 Å². The van der Waals surface area contributed by atoms with Crippen molar-refractivity contribution in [3.63, 3.8) is 0 Å². The summed E-state index contributed by atoms with van der Waals surface area (Å²) in [7, 11) is 0. The van der Waals surface area contributed by atoms with E-state index >= 15 is 0 Å². The van der Waals surface area contributed by atoms with Gasteiger partial charge in [-0.05, 0) is 18.4 Å². The maximum atomic E-state index is 9.52. The topological polar surface area (TPSA) is 49.2 Å². The van der Waals surface area contributed by atoms with Crippen LogP contribution in [0.15, 0.2) is 42.7 Å². The van der Waals surface area contributed by atoms with Gasteiger partial charge in [0.25, 0.3) is 0 Å². The molecule has 4 nitrogen and oxygen atoms in total. The van der Waals surface area contributed by atoms with Crippen molar-refractivity contribution in [3.8, 4) is 0 Å². The Morgan fingerprint density at radius 1 is 0.952 bits per heavy atom. The first kappa shape index (κ1) is 13.8. The van der Waals surface area contributed by atoms with E-state index in [4.69, 9.17) is 0 Å². The minimum Gasteiger partial charge on any atom is -0.393 e. The summed E-state index contributed by atoms with van der Waals surface area (Å²) in [6.07, 6.45) is 9.15. The molecular formula is C17H19N3O. The summed E-state index contributed by atoms with van der Waals surface area (Å²) >= 11 is 0. The van der Waals surface area contributed by atoms with Gasteiger partial charge in [-0.15, -0.1) is 0 Å². The summed E-state index contributed by atoms with van der Waals surface area (Å²) in [5.74, 6) is 0.749. The van der Waals surface area contributed by atoms with E-state index in [1.807, 2.05) is 36.7 Å². The third-order valence-corrected chi connectivity index (χ3v) is 3.67. The van der Waals surface area contributed by atoms with E-state index in [9.17, 15) is 5.11 Å². The molecule has 4 heteroatoms. The first-order valence-corrected chi connectivity index (χ1v) is 7.29. The highest BCUT2D eigenvalue weighted by atomic mass is 16.3. The number of hydrogen-bond acceptors (Lipinski definition) is 4. The van der Waals surface area contributed by atoms with Gasteiger partial charge in [0, 0.05) is 31.0 Å². The number of nitrogens with zero attached hydrogens (tertiary/aromatic N) is 3. The first-order valence-electron chi connectivity index (χ1n) is 7.29. The highest BCUT2D eigenvalue weighted by Crippen LogP contribution is 2.16. The average Bonchev–Trinajstić information content (AvgIpc) is 2.55. The van der Waals surface area contributed by atoms with Gasteiger partial charge in [0.2, 0.25) is 5.95 Å². The van der Waals surface area contributed by atoms with Crippen molar-refractivity contribution in [1.29, 1.82) is 0 Å². The zero-order valence-corrected chi connectivity index (χ0v) is 11.9. The third kappa shape index (κ3) is 3.67. The van der Waals surface area contributed by atoms with E-state index in [1.54, 1.807) is 0 Å². The molecular weight excluding hydrogens is 262 g/mol. The molecule has 0 saturated carbocycles. The molecule has 0 radical (unpaired) electrons. The van der Waals surface area contributed by atoms with Gasteiger partial charge >= 0.3 is 0 Å². The number of aliphatic hydroxyl groups is 1. The Kier molecular flexibility index (Phi) is 4.26. The first-order chi connectivity index (χ1) is 10.3. The Morgan fingerprint density at radius 2 is 1.57 bits per heavy atom. The molecule has 0 aliphatic carbocycles. The predicted octanol–water partition coefficient (Wildman–Crippen LogP) is 2.61. The maximum Gasteiger partial charge on any atom is 0.225 e. The number of piperidine rings is 1. The molecule has 0 bridgehead atoms. The van der Waals surface area contributed by atoms with Crippen LogP contribution in [0.25, 0.3) is 12.2 Å². The van der Waals surface area contributed by atoms with Crippen LogP contribution in [0.4, 0.5) is 5.95 Å². The van der Waals surface area contributed by atoms with Gasteiger partial charge < -0.3 is 10.0 Å². The summed E-state index contributed by atoms with van der Waals surface area (Å²) in [6, 6.07) is 10.2. The summed E-state index contributed by atoms with van der Waals surface area (Å²) in [5, 5.41) is 9.52. The van der Waals surface area contributed by atoms with E-state index < -0.39 is 0 Å². The molecule has 0 spiro atoms. The normalized spacial score (nSPS) is 16.5. The highest BCUT2D eigenvalue weighted by Gasteiger charge is 2.18. The molecule has 1 aromatic heterocycles. The van der Waals surface area contributed by atoms with E-state index in [-0.39, 0.29) is 6.10 Å². The molecule has 2 heterocycles. The molecule has 3 rings (SSSR count). The van der Waals surface area contributed by atoms with Crippen molar-refractivity contribution >= 4 is 18.1 Å². The standard InChI is InChI=1S/C17H19N3O/c21-16-8-10-20(11-9-16)17-18-12-15(13-19-17)7-6-14-4-2-1-3-5-14/h1-7,12-13,16,21H,8-11H2. The summed E-state index contributed by atoms with van der Waals surface area (Å²) in [6.45, 7) is 1.64. The molecule has 1 aliphatic rings. The molecule has 0 amide bonds. The second-order valence-electron chi connectivity index (χ2n) is 5.28. The largest absolute Gasteiger partial charge is 0.393 e. The van der Waals surface area contributed by atoms with Crippen LogP contribution in [-0.4, -0.2) is 34.3 Å². The number of anilines is 1. The van der Waals surface area contributed by atoms with Crippen LogP contribution in [0.3, 0.4) is 0 Å². The Labute approximate surface area is 124 Å². The van der Waals surface area contributed by atoms with Crippen molar-refractivity contribution in [2.75, 3.05) is 18.0 Å². The summed E-state index contributed by atoms with van der Waals surface area (Å²) < 4.78 is 0. The number of aromatic nitrogens is 2. The molecule has 1 saturated heterocycles. The highest BCUT2D eigenvalue weighted by molar-refractivity contribution is 5.68. The third-order valence-electron chi connectivity index (χ3n) is 3.67. The van der Waals surface area contributed by atoms with Gasteiger partial charge in [-0.25, -0.2) is 9.97 Å². The van der Waals surface area contributed by atoms with Crippen LogP contribution < -0.4 is 4.90 Å². The molecule has 2 aromatic rings. The lowest BCUT2D eigenvalue weighted by Gasteiger charge is -2.29. The van der Waals surface area contributed by atoms with Crippen molar-refractivity contribution in [2.45, 2.75) is 18.9 Å². The van der Waals surface area contributed by atoms with Crippen LogP contribution in [0.1, 0.15) is 24.0 Å². The van der Waals surface area contributed by atoms with Crippen LogP contribution >= 0.6 is 0 Å². The number of benzene rings is 1. The van der Waals surface area contributed by atoms with Gasteiger partial charge in [-0.3, -0.25) is 0 Å². The molecule has 1 aliphatic heterocycles. The fourth-order valence-electron chi connectivity index (χ4n) is 2.40. The summed E-state index contributed by atoms with van der Waals surface area (Å²) in [4.78, 5) is 11.0. The van der Waals surface area contributed by atoms with Gasteiger partial charge in [0.15, 0.2) is 0 Å². The lowest BCUT2D eigenvalue weighted by atomic mass is 10.1. The molecule has 108 valence electrons. The molecule has 1 fully saturated rings. The maximum absolute atomic E-state index is 9.52. The van der Waals surface area contributed by atoms with E-state index in [1.165, 1.54) is 0 Å². The lowest BCUT2D eigenvalue weighted by molar-refractivity contribution is 0.145. The SMILES string of the molecule is OC1CCN(c2ncc(C=Cc3ccccc3)cn2)CC1. The quantitative estimate of drug-likeness (QED) is 0.939. The van der Waals surface area contributed by atoms with Crippen LogP contribution in [-0.2, 0) is 0 Å². The van der Waals surface area contributed by atoms with Crippen LogP contribution in [0.5, 0.6) is 0 Å². The van der Waals surface area contributed by atoms with Crippen LogP contribution in [0.2, 0.25) is 0 Å². The molecule has 1 N–H and O–H groups in total. The van der Waals surface area contributed by atoms with Crippen molar-refractivity contribution in [1.82, 2.24) is 9.97 Å². The summed E-state index contributed by atoms with van der Waals surface area (Å²) in [5.41, 5.74) is 2.14. The van der Waals surface area contributed by atoms with Gasteiger partial charge in [0.1, 0.15) is 0 Å². The van der Waals surface area contributed by atoms with Gasteiger partial charge in [-0.1, -0.05) is 42.5 Å². The fraction of sp³-hybridized carbons (Fsp3) is 0.294. The van der Waals surface area contributed by atoms with Gasteiger partial charge in [0.05, 0.1) is 6.10 Å². The second-order valence-corrected chi connectivity index (χ2v) is 5.28. The molecule has 0 unspecified atom stereocenters. The van der Waals surface area contributed by atoms with Crippen LogP contribution in [0, 0.1) is 0 Å². The van der Waals surface area contributed by atoms with Crippen molar-refractivity contribution in [2.24, 2.45) is 0 Å². The monoisotopic (exact) mass is 281 g/mol. The smallest absolute Gasteiger partial charge is 0.225 e. The minimum atomic E-state index is -0.172. The zero-order chi connectivity index (χ0) is 14.5. The molecule has 0 atom stereocenters. The van der Waals surface area contributed by atoms with Crippen molar-refractivity contribution in [3.05, 3.63) is 53.9 Å². The Bertz CT molecular complexity index is 587. The van der Waals surface area contributed by atoms with E-state index in [2.05, 4.69) is 33.1 Å². The van der Waals surface area contributed by atoms with E-state index in [0.717, 1.165) is 43.0 Å². The lowest BCUT2D eigenvalue weighted by Crippen LogP contribution is -2.36.